The van der Waals surface area contributed by atoms with Crippen LogP contribution in [0.25, 0.3) is 0 Å². The van der Waals surface area contributed by atoms with Crippen LogP contribution in [-0.2, 0) is 19.2 Å². The summed E-state index contributed by atoms with van der Waals surface area (Å²) in [6, 6.07) is -1.12. The average Bonchev–Trinajstić information content (AvgIpc) is 2.32. The van der Waals surface area contributed by atoms with Gasteiger partial charge in [0.05, 0.1) is 0 Å². The number of amides is 2. The van der Waals surface area contributed by atoms with Crippen LogP contribution in [0, 0.1) is 0 Å². The van der Waals surface area contributed by atoms with Gasteiger partial charge in [-0.1, -0.05) is 0 Å². The Kier molecular flexibility index (Phi) is 9.92. The molecule has 0 rings (SSSR count). The third-order valence-electron chi connectivity index (χ3n) is 1.68. The lowest BCUT2D eigenvalue weighted by atomic mass is 10.1. The Balaban J connectivity index is 0. The van der Waals surface area contributed by atoms with E-state index in [9.17, 15) is 27.6 Å². The van der Waals surface area contributed by atoms with E-state index in [0.29, 0.717) is 0 Å². The second-order valence-corrected chi connectivity index (χ2v) is 3.67. The van der Waals surface area contributed by atoms with E-state index in [2.05, 4.69) is 5.32 Å². The first-order chi connectivity index (χ1) is 9.41. The molecule has 0 aromatic rings. The standard InChI is InChI=1S/C7H11ClN2O4.C2HF3O2/c8-3-6(12)10-4(7(13)14)1-2-5(9)11;3-2(4,5)1(6)7/h4H,1-3H2,(H2,9,11)(H,10,12)(H,13,14);(H,6,7)/t4-;/m1./s1. The van der Waals surface area contributed by atoms with Gasteiger partial charge in [-0.2, -0.15) is 13.2 Å². The minimum absolute atomic E-state index is 0.0344. The van der Waals surface area contributed by atoms with E-state index >= 15 is 0 Å². The molecule has 0 unspecified atom stereocenters. The molecule has 122 valence electrons. The second-order valence-electron chi connectivity index (χ2n) is 3.40. The molecular weight excluding hydrogens is 325 g/mol. The Hall–Kier alpha value is -2.04. The van der Waals surface area contributed by atoms with Crippen LogP contribution in [0.1, 0.15) is 12.8 Å². The number of aliphatic carboxylic acids is 2. The van der Waals surface area contributed by atoms with E-state index in [0.717, 1.165) is 0 Å². The summed E-state index contributed by atoms with van der Waals surface area (Å²) in [5.74, 6) is -5.50. The summed E-state index contributed by atoms with van der Waals surface area (Å²) >= 11 is 5.17. The van der Waals surface area contributed by atoms with Gasteiger partial charge in [-0.05, 0) is 6.42 Å². The van der Waals surface area contributed by atoms with Crippen molar-refractivity contribution in [1.29, 1.82) is 0 Å². The van der Waals surface area contributed by atoms with Gasteiger partial charge >= 0.3 is 18.1 Å². The lowest BCUT2D eigenvalue weighted by molar-refractivity contribution is -0.192. The highest BCUT2D eigenvalue weighted by Gasteiger charge is 2.38. The largest absolute Gasteiger partial charge is 0.490 e. The van der Waals surface area contributed by atoms with Crippen molar-refractivity contribution in [3.8, 4) is 0 Å². The number of carbonyl (C=O) groups is 4. The van der Waals surface area contributed by atoms with Crippen molar-refractivity contribution < 1.29 is 42.6 Å². The summed E-state index contributed by atoms with van der Waals surface area (Å²) in [5, 5.41) is 17.9. The fraction of sp³-hybridized carbons (Fsp3) is 0.556. The van der Waals surface area contributed by atoms with E-state index in [-0.39, 0.29) is 18.7 Å². The Morgan fingerprint density at radius 1 is 1.19 bits per heavy atom. The van der Waals surface area contributed by atoms with Gasteiger partial charge in [-0.15, -0.1) is 11.6 Å². The molecule has 0 bridgehead atoms. The van der Waals surface area contributed by atoms with Crippen molar-refractivity contribution in [3.05, 3.63) is 0 Å². The first-order valence-electron chi connectivity index (χ1n) is 5.08. The zero-order valence-corrected chi connectivity index (χ0v) is 11.1. The van der Waals surface area contributed by atoms with Crippen molar-refractivity contribution in [2.24, 2.45) is 5.73 Å². The molecule has 8 nitrogen and oxygen atoms in total. The van der Waals surface area contributed by atoms with Gasteiger partial charge in [0.15, 0.2) is 0 Å². The molecule has 0 spiro atoms. The highest BCUT2D eigenvalue weighted by molar-refractivity contribution is 6.27. The molecule has 0 aliphatic carbocycles. The third-order valence-corrected chi connectivity index (χ3v) is 1.92. The number of carbonyl (C=O) groups excluding carboxylic acids is 2. The number of primary amides is 1. The SMILES string of the molecule is NC(=O)CC[C@@H](NC(=O)CCl)C(=O)O.O=C(O)C(F)(F)F. The van der Waals surface area contributed by atoms with Gasteiger partial charge in [0.2, 0.25) is 11.8 Å². The highest BCUT2D eigenvalue weighted by atomic mass is 35.5. The number of hydrogen-bond donors (Lipinski definition) is 4. The fourth-order valence-electron chi connectivity index (χ4n) is 0.777. The summed E-state index contributed by atoms with van der Waals surface area (Å²) in [6.07, 6.45) is -5.22. The van der Waals surface area contributed by atoms with E-state index in [4.69, 9.17) is 32.3 Å². The number of carboxylic acid groups (broad SMARTS) is 2. The van der Waals surface area contributed by atoms with Crippen LogP contribution in [0.2, 0.25) is 0 Å². The lowest BCUT2D eigenvalue weighted by Gasteiger charge is -2.12. The number of hydrogen-bond acceptors (Lipinski definition) is 4. The first-order valence-corrected chi connectivity index (χ1v) is 5.61. The van der Waals surface area contributed by atoms with Gasteiger partial charge in [0.1, 0.15) is 11.9 Å². The zero-order valence-electron chi connectivity index (χ0n) is 10.3. The molecule has 1 atom stereocenters. The van der Waals surface area contributed by atoms with Crippen LogP contribution in [-0.4, -0.2) is 52.1 Å². The number of nitrogens with one attached hydrogen (secondary N) is 1. The topological polar surface area (TPSA) is 147 Å². The quantitative estimate of drug-likeness (QED) is 0.489. The molecule has 5 N–H and O–H groups in total. The van der Waals surface area contributed by atoms with Crippen LogP contribution in [0.15, 0.2) is 0 Å². The van der Waals surface area contributed by atoms with Crippen molar-refractivity contribution in [1.82, 2.24) is 5.32 Å². The molecule has 0 saturated carbocycles. The fourth-order valence-corrected chi connectivity index (χ4v) is 0.854. The van der Waals surface area contributed by atoms with Gasteiger partial charge in [-0.25, -0.2) is 9.59 Å². The van der Waals surface area contributed by atoms with Gasteiger partial charge < -0.3 is 21.3 Å². The molecule has 0 aliphatic heterocycles. The molecule has 0 heterocycles. The number of nitrogens with two attached hydrogens (primary N) is 1. The van der Waals surface area contributed by atoms with Gasteiger partial charge in [0, 0.05) is 6.42 Å². The van der Waals surface area contributed by atoms with Crippen LogP contribution in [0.3, 0.4) is 0 Å². The molecule has 0 radical (unpaired) electrons. The molecule has 0 saturated heterocycles. The van der Waals surface area contributed by atoms with Crippen molar-refractivity contribution in [2.45, 2.75) is 25.1 Å². The number of carboxylic acids is 2. The van der Waals surface area contributed by atoms with Crippen LogP contribution in [0.5, 0.6) is 0 Å². The number of halogens is 4. The summed E-state index contributed by atoms with van der Waals surface area (Å²) in [4.78, 5) is 40.6. The summed E-state index contributed by atoms with van der Waals surface area (Å²) < 4.78 is 31.7. The number of alkyl halides is 4. The molecule has 0 aromatic heterocycles. The maximum Gasteiger partial charge on any atom is 0.490 e. The smallest absolute Gasteiger partial charge is 0.480 e. The monoisotopic (exact) mass is 336 g/mol. The first kappa shape index (κ1) is 21.3. The zero-order chi connectivity index (χ0) is 17.2. The minimum Gasteiger partial charge on any atom is -0.480 e. The maximum atomic E-state index is 10.7. The average molecular weight is 337 g/mol. The van der Waals surface area contributed by atoms with E-state index in [1.165, 1.54) is 0 Å². The van der Waals surface area contributed by atoms with Crippen LogP contribution >= 0.6 is 11.6 Å². The predicted octanol–water partition coefficient (Wildman–Crippen LogP) is -0.307. The van der Waals surface area contributed by atoms with Crippen LogP contribution in [0.4, 0.5) is 13.2 Å². The molecule has 12 heteroatoms. The Bertz CT molecular complexity index is 401. The van der Waals surface area contributed by atoms with Crippen molar-refractivity contribution in [2.75, 3.05) is 5.88 Å². The Morgan fingerprint density at radius 2 is 1.62 bits per heavy atom. The Labute approximate surface area is 121 Å². The summed E-state index contributed by atoms with van der Waals surface area (Å²) in [5.41, 5.74) is 4.83. The van der Waals surface area contributed by atoms with Gasteiger partial charge in [0.25, 0.3) is 0 Å². The maximum absolute atomic E-state index is 10.7. The minimum atomic E-state index is -5.08. The molecule has 0 aliphatic rings. The van der Waals surface area contributed by atoms with E-state index < -0.39 is 36.0 Å². The molecule has 0 fully saturated rings. The molecular formula is C9H12ClF3N2O6. The molecule has 0 aromatic carbocycles. The van der Waals surface area contributed by atoms with Crippen molar-refractivity contribution >= 4 is 35.4 Å². The van der Waals surface area contributed by atoms with Crippen molar-refractivity contribution in [3.63, 3.8) is 0 Å². The predicted molar refractivity (Wildman–Crippen MR) is 62.4 cm³/mol. The second kappa shape index (κ2) is 9.80. The van der Waals surface area contributed by atoms with Gasteiger partial charge in [-0.3, -0.25) is 9.59 Å². The molecule has 2 amide bonds. The number of rotatable bonds is 6. The molecule has 21 heavy (non-hydrogen) atoms. The van der Waals surface area contributed by atoms with E-state index in [1.807, 2.05) is 0 Å². The van der Waals surface area contributed by atoms with Crippen LogP contribution < -0.4 is 11.1 Å². The summed E-state index contributed by atoms with van der Waals surface area (Å²) in [6.45, 7) is 0. The lowest BCUT2D eigenvalue weighted by Crippen LogP contribution is -2.41. The summed E-state index contributed by atoms with van der Waals surface area (Å²) in [7, 11) is 0. The third kappa shape index (κ3) is 12.7. The van der Waals surface area contributed by atoms with E-state index in [1.54, 1.807) is 0 Å². The Morgan fingerprint density at radius 3 is 1.86 bits per heavy atom. The highest BCUT2D eigenvalue weighted by Crippen LogP contribution is 2.13. The normalized spacial score (nSPS) is 11.6.